The normalized spacial score (nSPS) is 13.1. The molecule has 0 bridgehead atoms. The van der Waals surface area contributed by atoms with E-state index in [1.165, 1.54) is 0 Å². The van der Waals surface area contributed by atoms with Crippen molar-refractivity contribution in [3.05, 3.63) is 24.3 Å². The lowest BCUT2D eigenvalue weighted by Gasteiger charge is -2.27. The zero-order valence-electron chi connectivity index (χ0n) is 12.8. The second-order valence-corrected chi connectivity index (χ2v) is 5.97. The largest absolute Gasteiger partial charge is 0.493 e. The minimum absolute atomic E-state index is 0.344. The Morgan fingerprint density at radius 1 is 1.16 bits per heavy atom. The maximum Gasteiger partial charge on any atom is 0.161 e. The Hall–Kier alpha value is -1.22. The monoisotopic (exact) mass is 265 g/mol. The van der Waals surface area contributed by atoms with E-state index in [1.807, 2.05) is 24.3 Å². The van der Waals surface area contributed by atoms with Gasteiger partial charge in [0.05, 0.1) is 7.11 Å². The summed E-state index contributed by atoms with van der Waals surface area (Å²) in [4.78, 5) is 0. The number of ether oxygens (including phenoxy) is 2. The third kappa shape index (κ3) is 5.52. The maximum absolute atomic E-state index is 5.71. The van der Waals surface area contributed by atoms with Crippen LogP contribution in [0.2, 0.25) is 0 Å². The summed E-state index contributed by atoms with van der Waals surface area (Å²) in [5.41, 5.74) is 0.344. The molecule has 1 unspecified atom stereocenters. The van der Waals surface area contributed by atoms with Crippen LogP contribution in [0, 0.1) is 11.3 Å². The predicted octanol–water partition coefficient (Wildman–Crippen LogP) is 3.35. The Balaban J connectivity index is 2.24. The van der Waals surface area contributed by atoms with Crippen LogP contribution in [0.5, 0.6) is 11.5 Å². The molecule has 0 saturated heterocycles. The summed E-state index contributed by atoms with van der Waals surface area (Å²) in [7, 11) is 1.66. The van der Waals surface area contributed by atoms with E-state index in [0.717, 1.165) is 24.6 Å². The van der Waals surface area contributed by atoms with Gasteiger partial charge in [0.25, 0.3) is 0 Å². The summed E-state index contributed by atoms with van der Waals surface area (Å²) >= 11 is 0. The number of benzene rings is 1. The molecule has 0 heterocycles. The molecule has 0 aliphatic rings. The van der Waals surface area contributed by atoms with E-state index in [4.69, 9.17) is 9.47 Å². The Labute approximate surface area is 117 Å². The molecule has 108 valence electrons. The van der Waals surface area contributed by atoms with Crippen molar-refractivity contribution < 1.29 is 9.47 Å². The first kappa shape index (κ1) is 15.8. The molecule has 3 nitrogen and oxygen atoms in total. The van der Waals surface area contributed by atoms with Gasteiger partial charge in [-0.1, -0.05) is 39.8 Å². The Morgan fingerprint density at radius 3 is 2.37 bits per heavy atom. The Morgan fingerprint density at radius 2 is 1.79 bits per heavy atom. The van der Waals surface area contributed by atoms with Crippen molar-refractivity contribution in [3.8, 4) is 11.5 Å². The third-order valence-electron chi connectivity index (χ3n) is 3.53. The fraction of sp³-hybridized carbons (Fsp3) is 0.625. The van der Waals surface area contributed by atoms with Crippen LogP contribution in [0.15, 0.2) is 24.3 Å². The zero-order valence-corrected chi connectivity index (χ0v) is 12.8. The van der Waals surface area contributed by atoms with Gasteiger partial charge in [0.15, 0.2) is 11.5 Å². The van der Waals surface area contributed by atoms with Crippen molar-refractivity contribution in [2.24, 2.45) is 11.3 Å². The van der Waals surface area contributed by atoms with Gasteiger partial charge in [-0.05, 0) is 30.0 Å². The van der Waals surface area contributed by atoms with E-state index in [0.29, 0.717) is 17.9 Å². The van der Waals surface area contributed by atoms with E-state index in [-0.39, 0.29) is 0 Å². The summed E-state index contributed by atoms with van der Waals surface area (Å²) in [5, 5.41) is 3.43. The number of nitrogens with one attached hydrogen (secondary N) is 1. The first-order valence-electron chi connectivity index (χ1n) is 6.91. The first-order chi connectivity index (χ1) is 8.95. The lowest BCUT2D eigenvalue weighted by Crippen LogP contribution is -2.32. The maximum atomic E-state index is 5.71. The van der Waals surface area contributed by atoms with Crippen LogP contribution < -0.4 is 14.8 Å². The predicted molar refractivity (Wildman–Crippen MR) is 80.0 cm³/mol. The number of hydrogen-bond acceptors (Lipinski definition) is 3. The first-order valence-corrected chi connectivity index (χ1v) is 6.91. The summed E-state index contributed by atoms with van der Waals surface area (Å²) in [5.74, 6) is 2.22. The zero-order chi connectivity index (χ0) is 14.3. The summed E-state index contributed by atoms with van der Waals surface area (Å²) in [6.45, 7) is 11.6. The van der Waals surface area contributed by atoms with Crippen molar-refractivity contribution in [1.29, 1.82) is 0 Å². The second-order valence-electron chi connectivity index (χ2n) is 5.97. The smallest absolute Gasteiger partial charge is 0.161 e. The molecule has 0 saturated carbocycles. The van der Waals surface area contributed by atoms with Gasteiger partial charge in [0.1, 0.15) is 6.61 Å². The quantitative estimate of drug-likeness (QED) is 0.767. The van der Waals surface area contributed by atoms with Crippen LogP contribution in [-0.2, 0) is 0 Å². The Kier molecular flexibility index (Phi) is 6.16. The van der Waals surface area contributed by atoms with Crippen molar-refractivity contribution in [2.45, 2.75) is 27.7 Å². The van der Waals surface area contributed by atoms with Gasteiger partial charge in [-0.25, -0.2) is 0 Å². The van der Waals surface area contributed by atoms with E-state index in [2.05, 4.69) is 33.0 Å². The van der Waals surface area contributed by atoms with Gasteiger partial charge >= 0.3 is 0 Å². The number of rotatable bonds is 7. The average molecular weight is 265 g/mol. The standard InChI is InChI=1S/C16H27NO2/c1-13(16(2,3)4)12-17-10-11-19-15-9-7-6-8-14(15)18-5/h6-9,13,17H,10-12H2,1-5H3. The van der Waals surface area contributed by atoms with Gasteiger partial charge in [-0.2, -0.15) is 0 Å². The molecule has 1 aromatic carbocycles. The summed E-state index contributed by atoms with van der Waals surface area (Å²) in [6, 6.07) is 7.73. The number of para-hydroxylation sites is 2. The molecular formula is C16H27NO2. The molecule has 0 aliphatic heterocycles. The molecule has 1 rings (SSSR count). The third-order valence-corrected chi connectivity index (χ3v) is 3.53. The molecule has 19 heavy (non-hydrogen) atoms. The highest BCUT2D eigenvalue weighted by Crippen LogP contribution is 2.26. The van der Waals surface area contributed by atoms with Gasteiger partial charge in [0.2, 0.25) is 0 Å². The molecular weight excluding hydrogens is 238 g/mol. The van der Waals surface area contributed by atoms with Crippen LogP contribution >= 0.6 is 0 Å². The van der Waals surface area contributed by atoms with E-state index in [1.54, 1.807) is 7.11 Å². The van der Waals surface area contributed by atoms with Crippen LogP contribution in [-0.4, -0.2) is 26.8 Å². The summed E-state index contributed by atoms with van der Waals surface area (Å²) in [6.07, 6.45) is 0. The molecule has 0 fully saturated rings. The van der Waals surface area contributed by atoms with Crippen LogP contribution in [0.4, 0.5) is 0 Å². The highest BCUT2D eigenvalue weighted by molar-refractivity contribution is 5.39. The molecule has 0 radical (unpaired) electrons. The number of hydrogen-bond donors (Lipinski definition) is 1. The molecule has 1 atom stereocenters. The van der Waals surface area contributed by atoms with Crippen molar-refractivity contribution in [2.75, 3.05) is 26.8 Å². The molecule has 0 aromatic heterocycles. The highest BCUT2D eigenvalue weighted by atomic mass is 16.5. The summed E-state index contributed by atoms with van der Waals surface area (Å²) < 4.78 is 10.9. The SMILES string of the molecule is COc1ccccc1OCCNCC(C)C(C)(C)C. The second kappa shape index (κ2) is 7.39. The van der Waals surface area contributed by atoms with Crippen LogP contribution in [0.3, 0.4) is 0 Å². The minimum Gasteiger partial charge on any atom is -0.493 e. The lowest BCUT2D eigenvalue weighted by atomic mass is 9.82. The molecule has 1 N–H and O–H groups in total. The number of methoxy groups -OCH3 is 1. The van der Waals surface area contributed by atoms with Gasteiger partial charge in [-0.3, -0.25) is 0 Å². The average Bonchev–Trinajstić information content (AvgIpc) is 2.37. The van der Waals surface area contributed by atoms with Crippen molar-refractivity contribution in [1.82, 2.24) is 5.32 Å². The van der Waals surface area contributed by atoms with E-state index in [9.17, 15) is 0 Å². The molecule has 1 aromatic rings. The molecule has 3 heteroatoms. The van der Waals surface area contributed by atoms with Crippen molar-refractivity contribution >= 4 is 0 Å². The molecule has 0 aliphatic carbocycles. The Bertz CT molecular complexity index is 371. The van der Waals surface area contributed by atoms with Gasteiger partial charge < -0.3 is 14.8 Å². The van der Waals surface area contributed by atoms with Gasteiger partial charge in [0, 0.05) is 6.54 Å². The van der Waals surface area contributed by atoms with Crippen LogP contribution in [0.1, 0.15) is 27.7 Å². The van der Waals surface area contributed by atoms with Crippen LogP contribution in [0.25, 0.3) is 0 Å². The topological polar surface area (TPSA) is 30.5 Å². The van der Waals surface area contributed by atoms with E-state index < -0.39 is 0 Å². The highest BCUT2D eigenvalue weighted by Gasteiger charge is 2.18. The molecule has 0 amide bonds. The molecule has 0 spiro atoms. The van der Waals surface area contributed by atoms with E-state index >= 15 is 0 Å². The minimum atomic E-state index is 0.344. The van der Waals surface area contributed by atoms with Crippen molar-refractivity contribution in [3.63, 3.8) is 0 Å². The fourth-order valence-corrected chi connectivity index (χ4v) is 1.60. The van der Waals surface area contributed by atoms with Gasteiger partial charge in [-0.15, -0.1) is 0 Å². The lowest BCUT2D eigenvalue weighted by molar-refractivity contribution is 0.241. The fourth-order valence-electron chi connectivity index (χ4n) is 1.60.